The third kappa shape index (κ3) is 3.46. The first kappa shape index (κ1) is 14.6. The SMILES string of the molecule is C[C@H]1CCc2[nH]nc(C(=O)NCCC[C@H]3CCOC3)c2C1. The fourth-order valence-corrected chi connectivity index (χ4v) is 3.34. The Hall–Kier alpha value is -1.36. The summed E-state index contributed by atoms with van der Waals surface area (Å²) in [7, 11) is 0. The average Bonchev–Trinajstić information content (AvgIpc) is 3.12. The largest absolute Gasteiger partial charge is 0.381 e. The van der Waals surface area contributed by atoms with Gasteiger partial charge >= 0.3 is 0 Å². The smallest absolute Gasteiger partial charge is 0.272 e. The van der Waals surface area contributed by atoms with E-state index in [9.17, 15) is 4.79 Å². The summed E-state index contributed by atoms with van der Waals surface area (Å²) < 4.78 is 5.36. The van der Waals surface area contributed by atoms with Gasteiger partial charge in [0.05, 0.1) is 0 Å². The molecule has 0 radical (unpaired) electrons. The molecule has 1 aromatic heterocycles. The topological polar surface area (TPSA) is 67.0 Å². The molecule has 1 aliphatic carbocycles. The molecule has 1 aromatic rings. The fourth-order valence-electron chi connectivity index (χ4n) is 3.34. The van der Waals surface area contributed by atoms with Crippen LogP contribution in [0.5, 0.6) is 0 Å². The van der Waals surface area contributed by atoms with Crippen LogP contribution in [-0.2, 0) is 17.6 Å². The molecule has 3 rings (SSSR count). The van der Waals surface area contributed by atoms with Gasteiger partial charge in [-0.3, -0.25) is 9.89 Å². The van der Waals surface area contributed by atoms with Gasteiger partial charge in [0, 0.05) is 31.0 Å². The van der Waals surface area contributed by atoms with Gasteiger partial charge in [0.15, 0.2) is 5.69 Å². The Labute approximate surface area is 125 Å². The minimum Gasteiger partial charge on any atom is -0.381 e. The van der Waals surface area contributed by atoms with Crippen LogP contribution < -0.4 is 5.32 Å². The highest BCUT2D eigenvalue weighted by atomic mass is 16.5. The highest BCUT2D eigenvalue weighted by Gasteiger charge is 2.24. The van der Waals surface area contributed by atoms with Crippen LogP contribution in [0.4, 0.5) is 0 Å². The number of hydrogen-bond donors (Lipinski definition) is 2. The van der Waals surface area contributed by atoms with E-state index in [2.05, 4.69) is 22.4 Å². The Kier molecular flexibility index (Phi) is 4.58. The highest BCUT2D eigenvalue weighted by Crippen LogP contribution is 2.26. The number of H-pyrrole nitrogens is 1. The Bertz CT molecular complexity index is 492. The quantitative estimate of drug-likeness (QED) is 0.816. The van der Waals surface area contributed by atoms with Gasteiger partial charge in [-0.05, 0) is 50.4 Å². The summed E-state index contributed by atoms with van der Waals surface area (Å²) in [6, 6.07) is 0. The lowest BCUT2D eigenvalue weighted by Gasteiger charge is -2.18. The zero-order chi connectivity index (χ0) is 14.7. The van der Waals surface area contributed by atoms with Crippen LogP contribution in [-0.4, -0.2) is 35.9 Å². The summed E-state index contributed by atoms with van der Waals surface area (Å²) in [6.07, 6.45) is 6.48. The van der Waals surface area contributed by atoms with E-state index in [0.717, 1.165) is 56.7 Å². The van der Waals surface area contributed by atoms with Crippen LogP contribution in [0.2, 0.25) is 0 Å². The summed E-state index contributed by atoms with van der Waals surface area (Å²) in [5.74, 6) is 1.30. The van der Waals surface area contributed by atoms with Crippen molar-refractivity contribution in [3.8, 4) is 0 Å². The molecular formula is C16H25N3O2. The summed E-state index contributed by atoms with van der Waals surface area (Å²) in [5, 5.41) is 10.3. The number of carbonyl (C=O) groups is 1. The molecule has 0 saturated carbocycles. The number of rotatable bonds is 5. The molecule has 1 saturated heterocycles. The van der Waals surface area contributed by atoms with Crippen molar-refractivity contribution < 1.29 is 9.53 Å². The predicted molar refractivity (Wildman–Crippen MR) is 80.3 cm³/mol. The molecule has 0 aromatic carbocycles. The van der Waals surface area contributed by atoms with Crippen molar-refractivity contribution in [1.29, 1.82) is 0 Å². The van der Waals surface area contributed by atoms with E-state index < -0.39 is 0 Å². The predicted octanol–water partition coefficient (Wildman–Crippen LogP) is 2.08. The summed E-state index contributed by atoms with van der Waals surface area (Å²) in [5.41, 5.74) is 2.90. The zero-order valence-corrected chi connectivity index (χ0v) is 12.8. The molecule has 5 nitrogen and oxygen atoms in total. The second-order valence-corrected chi connectivity index (χ2v) is 6.51. The summed E-state index contributed by atoms with van der Waals surface area (Å²) in [4.78, 5) is 12.3. The third-order valence-corrected chi connectivity index (χ3v) is 4.71. The number of carbonyl (C=O) groups excluding carboxylic acids is 1. The number of ether oxygens (including phenoxy) is 1. The number of amides is 1. The van der Waals surface area contributed by atoms with Gasteiger partial charge < -0.3 is 10.1 Å². The van der Waals surface area contributed by atoms with Gasteiger partial charge in [-0.2, -0.15) is 5.10 Å². The molecule has 2 aliphatic rings. The fraction of sp³-hybridized carbons (Fsp3) is 0.750. The van der Waals surface area contributed by atoms with E-state index in [1.165, 1.54) is 12.8 Å². The number of fused-ring (bicyclic) bond motifs is 1. The molecule has 1 aliphatic heterocycles. The maximum absolute atomic E-state index is 12.3. The number of hydrogen-bond acceptors (Lipinski definition) is 3. The van der Waals surface area contributed by atoms with E-state index >= 15 is 0 Å². The second-order valence-electron chi connectivity index (χ2n) is 6.51. The monoisotopic (exact) mass is 291 g/mol. The summed E-state index contributed by atoms with van der Waals surface area (Å²) >= 11 is 0. The van der Waals surface area contributed by atoms with Crippen molar-refractivity contribution in [2.24, 2.45) is 11.8 Å². The van der Waals surface area contributed by atoms with E-state index in [4.69, 9.17) is 4.74 Å². The van der Waals surface area contributed by atoms with Crippen LogP contribution in [0.25, 0.3) is 0 Å². The standard InChI is InChI=1S/C16H25N3O2/c1-11-4-5-14-13(9-11)15(19-18-14)16(20)17-7-2-3-12-6-8-21-10-12/h11-12H,2-10H2,1H3,(H,17,20)(H,18,19)/t11-,12-/m0/s1. The van der Waals surface area contributed by atoms with E-state index in [1.807, 2.05) is 0 Å². The number of aryl methyl sites for hydroxylation is 1. The molecule has 0 spiro atoms. The molecular weight excluding hydrogens is 266 g/mol. The maximum atomic E-state index is 12.3. The highest BCUT2D eigenvalue weighted by molar-refractivity contribution is 5.94. The normalized spacial score (nSPS) is 24.8. The molecule has 1 fully saturated rings. The first-order valence-electron chi connectivity index (χ1n) is 8.16. The number of aromatic nitrogens is 2. The second kappa shape index (κ2) is 6.60. The lowest BCUT2D eigenvalue weighted by molar-refractivity contribution is 0.0946. The van der Waals surface area contributed by atoms with Crippen molar-refractivity contribution in [2.45, 2.75) is 45.4 Å². The molecule has 2 N–H and O–H groups in total. The molecule has 5 heteroatoms. The van der Waals surface area contributed by atoms with Crippen LogP contribution in [0, 0.1) is 11.8 Å². The van der Waals surface area contributed by atoms with E-state index in [0.29, 0.717) is 17.5 Å². The van der Waals surface area contributed by atoms with Crippen LogP contribution in [0.3, 0.4) is 0 Å². The van der Waals surface area contributed by atoms with Gasteiger partial charge in [0.1, 0.15) is 0 Å². The lowest BCUT2D eigenvalue weighted by Crippen LogP contribution is -2.27. The van der Waals surface area contributed by atoms with Crippen LogP contribution in [0.15, 0.2) is 0 Å². The Morgan fingerprint density at radius 3 is 3.19 bits per heavy atom. The van der Waals surface area contributed by atoms with Crippen molar-refractivity contribution in [2.75, 3.05) is 19.8 Å². The van der Waals surface area contributed by atoms with Gasteiger partial charge in [0.25, 0.3) is 5.91 Å². The first-order chi connectivity index (χ1) is 10.2. The number of nitrogens with zero attached hydrogens (tertiary/aromatic N) is 1. The van der Waals surface area contributed by atoms with Crippen molar-refractivity contribution in [3.05, 3.63) is 17.0 Å². The lowest BCUT2D eigenvalue weighted by atomic mass is 9.87. The van der Waals surface area contributed by atoms with Crippen molar-refractivity contribution in [1.82, 2.24) is 15.5 Å². The van der Waals surface area contributed by atoms with Crippen LogP contribution in [0.1, 0.15) is 54.4 Å². The van der Waals surface area contributed by atoms with E-state index in [1.54, 1.807) is 0 Å². The van der Waals surface area contributed by atoms with Gasteiger partial charge in [-0.1, -0.05) is 6.92 Å². The number of nitrogens with one attached hydrogen (secondary N) is 2. The molecule has 2 atom stereocenters. The Morgan fingerprint density at radius 2 is 2.38 bits per heavy atom. The molecule has 0 unspecified atom stereocenters. The maximum Gasteiger partial charge on any atom is 0.272 e. The van der Waals surface area contributed by atoms with E-state index in [-0.39, 0.29) is 5.91 Å². The first-order valence-corrected chi connectivity index (χ1v) is 8.16. The molecule has 21 heavy (non-hydrogen) atoms. The Morgan fingerprint density at radius 1 is 1.48 bits per heavy atom. The van der Waals surface area contributed by atoms with Crippen molar-refractivity contribution >= 4 is 5.91 Å². The molecule has 1 amide bonds. The Balaban J connectivity index is 1.48. The number of aromatic amines is 1. The van der Waals surface area contributed by atoms with Gasteiger partial charge in [0.2, 0.25) is 0 Å². The molecule has 116 valence electrons. The molecule has 2 heterocycles. The van der Waals surface area contributed by atoms with Crippen LogP contribution >= 0.6 is 0 Å². The minimum absolute atomic E-state index is 0.0238. The minimum atomic E-state index is -0.0238. The molecule has 0 bridgehead atoms. The van der Waals surface area contributed by atoms with Gasteiger partial charge in [-0.15, -0.1) is 0 Å². The zero-order valence-electron chi connectivity index (χ0n) is 12.8. The summed E-state index contributed by atoms with van der Waals surface area (Å²) in [6.45, 7) is 4.75. The van der Waals surface area contributed by atoms with Crippen molar-refractivity contribution in [3.63, 3.8) is 0 Å². The van der Waals surface area contributed by atoms with Gasteiger partial charge in [-0.25, -0.2) is 0 Å². The third-order valence-electron chi connectivity index (χ3n) is 4.71. The average molecular weight is 291 g/mol.